The van der Waals surface area contributed by atoms with E-state index in [1.54, 1.807) is 16.7 Å². The third kappa shape index (κ3) is 3.41. The highest BCUT2D eigenvalue weighted by atomic mass is 35.5. The third-order valence-electron chi connectivity index (χ3n) is 4.78. The molecule has 3 rings (SSSR count). The molecule has 1 aromatic carbocycles. The minimum absolute atomic E-state index is 0.865. The van der Waals surface area contributed by atoms with Gasteiger partial charge in [0.1, 0.15) is 0 Å². The molecule has 2 heteroatoms. The highest BCUT2D eigenvalue weighted by molar-refractivity contribution is 6.30. The summed E-state index contributed by atoms with van der Waals surface area (Å²) >= 11 is 6.22. The predicted octanol–water partition coefficient (Wildman–Crippen LogP) is 5.15. The Kier molecular flexibility index (Phi) is 4.82. The summed E-state index contributed by atoms with van der Waals surface area (Å²) < 4.78 is 0. The predicted molar refractivity (Wildman–Crippen MR) is 91.8 cm³/mol. The molecule has 0 saturated carbocycles. The number of hydrogen-bond donors (Lipinski definition) is 1. The van der Waals surface area contributed by atoms with Crippen LogP contribution in [-0.4, -0.2) is 13.1 Å². The standard InChI is InChI=1S/C19H24ClN/c1-2-14-5-6-16-13-17(20)7-8-18(16)19(12-14)15-4-3-10-21-11-9-15/h2,7-8,13,21H,3-6,9-12H2,1H3/b14-2-,19-15-. The van der Waals surface area contributed by atoms with Gasteiger partial charge < -0.3 is 5.32 Å². The minimum Gasteiger partial charge on any atom is -0.316 e. The second-order valence-corrected chi connectivity index (χ2v) is 6.55. The van der Waals surface area contributed by atoms with Crippen LogP contribution in [0.5, 0.6) is 0 Å². The van der Waals surface area contributed by atoms with Crippen molar-refractivity contribution in [2.75, 3.05) is 13.1 Å². The topological polar surface area (TPSA) is 12.0 Å². The van der Waals surface area contributed by atoms with Gasteiger partial charge in [-0.05, 0) is 87.4 Å². The van der Waals surface area contributed by atoms with E-state index in [1.165, 1.54) is 36.8 Å². The van der Waals surface area contributed by atoms with Crippen molar-refractivity contribution in [3.05, 3.63) is 51.6 Å². The Hall–Kier alpha value is -1.05. The first-order chi connectivity index (χ1) is 10.3. The lowest BCUT2D eigenvalue weighted by molar-refractivity contribution is 0.703. The van der Waals surface area contributed by atoms with Gasteiger partial charge in [-0.3, -0.25) is 0 Å². The van der Waals surface area contributed by atoms with Gasteiger partial charge in [0, 0.05) is 5.02 Å². The van der Waals surface area contributed by atoms with E-state index in [0.29, 0.717) is 0 Å². The lowest BCUT2D eigenvalue weighted by Crippen LogP contribution is -2.13. The highest BCUT2D eigenvalue weighted by Gasteiger charge is 2.19. The molecule has 1 N–H and O–H groups in total. The first-order valence-corrected chi connectivity index (χ1v) is 8.50. The first kappa shape index (κ1) is 14.9. The number of aryl methyl sites for hydroxylation is 1. The van der Waals surface area contributed by atoms with Gasteiger partial charge in [0.25, 0.3) is 0 Å². The average molecular weight is 302 g/mol. The number of hydrogen-bond acceptors (Lipinski definition) is 1. The van der Waals surface area contributed by atoms with E-state index in [2.05, 4.69) is 36.5 Å². The molecule has 21 heavy (non-hydrogen) atoms. The van der Waals surface area contributed by atoms with Crippen LogP contribution in [0.25, 0.3) is 5.57 Å². The van der Waals surface area contributed by atoms with Crippen LogP contribution in [0.3, 0.4) is 0 Å². The van der Waals surface area contributed by atoms with E-state index >= 15 is 0 Å². The second kappa shape index (κ2) is 6.81. The summed E-state index contributed by atoms with van der Waals surface area (Å²) in [6, 6.07) is 6.47. The molecule has 0 radical (unpaired) electrons. The van der Waals surface area contributed by atoms with Gasteiger partial charge in [-0.2, -0.15) is 0 Å². The maximum absolute atomic E-state index is 6.22. The molecule has 1 nitrogen and oxygen atoms in total. The molecule has 0 atom stereocenters. The maximum atomic E-state index is 6.22. The van der Waals surface area contributed by atoms with Crippen molar-refractivity contribution in [3.8, 4) is 0 Å². The molecule has 0 amide bonds. The molecule has 1 fully saturated rings. The normalized spacial score (nSPS) is 25.3. The summed E-state index contributed by atoms with van der Waals surface area (Å²) in [4.78, 5) is 0. The van der Waals surface area contributed by atoms with Crippen LogP contribution < -0.4 is 5.32 Å². The lowest BCUT2D eigenvalue weighted by Gasteiger charge is -2.15. The fourth-order valence-corrected chi connectivity index (χ4v) is 3.74. The number of fused-ring (bicyclic) bond motifs is 1. The van der Waals surface area contributed by atoms with E-state index in [-0.39, 0.29) is 0 Å². The Morgan fingerprint density at radius 2 is 2.00 bits per heavy atom. The van der Waals surface area contributed by atoms with Crippen LogP contribution in [0.1, 0.15) is 50.2 Å². The number of rotatable bonds is 0. The van der Waals surface area contributed by atoms with Crippen LogP contribution >= 0.6 is 11.6 Å². The van der Waals surface area contributed by atoms with Crippen LogP contribution in [0.2, 0.25) is 5.02 Å². The fourth-order valence-electron chi connectivity index (χ4n) is 3.55. The summed E-state index contributed by atoms with van der Waals surface area (Å²) in [5, 5.41) is 4.39. The third-order valence-corrected chi connectivity index (χ3v) is 5.02. The molecule has 1 aliphatic carbocycles. The van der Waals surface area contributed by atoms with Gasteiger partial charge in [0.2, 0.25) is 0 Å². The Morgan fingerprint density at radius 1 is 1.10 bits per heavy atom. The number of benzene rings is 1. The number of nitrogens with one attached hydrogen (secondary N) is 1. The average Bonchev–Trinajstić information content (AvgIpc) is 2.85. The molecule has 1 heterocycles. The highest BCUT2D eigenvalue weighted by Crippen LogP contribution is 2.38. The van der Waals surface area contributed by atoms with Gasteiger partial charge >= 0.3 is 0 Å². The van der Waals surface area contributed by atoms with Crippen LogP contribution in [0.4, 0.5) is 0 Å². The molecule has 1 aliphatic heterocycles. The SMILES string of the molecule is C/C=C1/CCc2cc(Cl)ccc2/C(=C2/CCCNCC2)C1. The van der Waals surface area contributed by atoms with Gasteiger partial charge in [-0.15, -0.1) is 0 Å². The number of halogens is 1. The maximum Gasteiger partial charge on any atom is 0.0409 e. The molecule has 0 spiro atoms. The molecule has 1 aromatic rings. The fraction of sp³-hybridized carbons (Fsp3) is 0.474. The van der Waals surface area contributed by atoms with Gasteiger partial charge in [-0.1, -0.05) is 34.9 Å². The summed E-state index contributed by atoms with van der Waals surface area (Å²) in [7, 11) is 0. The van der Waals surface area contributed by atoms with Crippen molar-refractivity contribution in [2.45, 2.75) is 45.4 Å². The van der Waals surface area contributed by atoms with Crippen molar-refractivity contribution in [1.29, 1.82) is 0 Å². The summed E-state index contributed by atoms with van der Waals surface area (Å²) in [6.07, 6.45) is 9.40. The Morgan fingerprint density at radius 3 is 2.86 bits per heavy atom. The van der Waals surface area contributed by atoms with E-state index in [0.717, 1.165) is 31.0 Å². The van der Waals surface area contributed by atoms with Crippen molar-refractivity contribution in [2.24, 2.45) is 0 Å². The summed E-state index contributed by atoms with van der Waals surface area (Å²) in [5.41, 5.74) is 7.69. The van der Waals surface area contributed by atoms with E-state index < -0.39 is 0 Å². The zero-order chi connectivity index (χ0) is 14.7. The van der Waals surface area contributed by atoms with E-state index in [9.17, 15) is 0 Å². The molecule has 1 saturated heterocycles. The molecule has 2 aliphatic rings. The molecule has 0 bridgehead atoms. The van der Waals surface area contributed by atoms with Crippen molar-refractivity contribution in [3.63, 3.8) is 0 Å². The summed E-state index contributed by atoms with van der Waals surface area (Å²) in [6.45, 7) is 4.45. The van der Waals surface area contributed by atoms with Gasteiger partial charge in [-0.25, -0.2) is 0 Å². The van der Waals surface area contributed by atoms with Crippen LogP contribution in [-0.2, 0) is 6.42 Å². The van der Waals surface area contributed by atoms with Crippen molar-refractivity contribution in [1.82, 2.24) is 5.32 Å². The first-order valence-electron chi connectivity index (χ1n) is 8.12. The Balaban J connectivity index is 2.09. The van der Waals surface area contributed by atoms with Crippen LogP contribution in [0.15, 0.2) is 35.4 Å². The van der Waals surface area contributed by atoms with Crippen molar-refractivity contribution < 1.29 is 0 Å². The Bertz CT molecular complexity index is 573. The lowest BCUT2D eigenvalue weighted by atomic mass is 9.90. The van der Waals surface area contributed by atoms with Gasteiger partial charge in [0.05, 0.1) is 0 Å². The minimum atomic E-state index is 0.865. The van der Waals surface area contributed by atoms with E-state index in [1.807, 2.05) is 0 Å². The smallest absolute Gasteiger partial charge is 0.0409 e. The second-order valence-electron chi connectivity index (χ2n) is 6.11. The van der Waals surface area contributed by atoms with Crippen molar-refractivity contribution >= 4 is 17.2 Å². The van der Waals surface area contributed by atoms with Crippen LogP contribution in [0, 0.1) is 0 Å². The van der Waals surface area contributed by atoms with Gasteiger partial charge in [0.15, 0.2) is 0 Å². The molecule has 0 aromatic heterocycles. The zero-order valence-corrected chi connectivity index (χ0v) is 13.6. The molecular formula is C19H24ClN. The van der Waals surface area contributed by atoms with E-state index in [4.69, 9.17) is 11.6 Å². The quantitative estimate of drug-likeness (QED) is 0.516. The Labute approximate surface area is 133 Å². The zero-order valence-electron chi connectivity index (χ0n) is 12.8. The number of allylic oxidation sites excluding steroid dienone is 3. The molecule has 112 valence electrons. The summed E-state index contributed by atoms with van der Waals surface area (Å²) in [5.74, 6) is 0. The molecule has 0 unspecified atom stereocenters. The monoisotopic (exact) mass is 301 g/mol. The molecular weight excluding hydrogens is 278 g/mol. The largest absolute Gasteiger partial charge is 0.316 e.